The highest BCUT2D eigenvalue weighted by Gasteiger charge is 2.30. The van der Waals surface area contributed by atoms with Crippen LogP contribution in [0.5, 0.6) is 0 Å². The predicted molar refractivity (Wildman–Crippen MR) is 121 cm³/mol. The summed E-state index contributed by atoms with van der Waals surface area (Å²) < 4.78 is 51.8. The number of hydrogen-bond donors (Lipinski definition) is 1. The number of aliphatic imine (C=N–C) groups is 1. The van der Waals surface area contributed by atoms with Gasteiger partial charge in [0.15, 0.2) is 0 Å². The smallest absolute Gasteiger partial charge is 0.389 e. The molecule has 0 spiro atoms. The molecule has 33 heavy (non-hydrogen) atoms. The molecule has 2 aromatic rings. The molecule has 176 valence electrons. The van der Waals surface area contributed by atoms with E-state index in [-0.39, 0.29) is 24.1 Å². The predicted octanol–water partition coefficient (Wildman–Crippen LogP) is 5.13. The summed E-state index contributed by atoms with van der Waals surface area (Å²) in [5.74, 6) is -0.602. The summed E-state index contributed by atoms with van der Waals surface area (Å²) in [5.41, 5.74) is 8.66. The van der Waals surface area contributed by atoms with Crippen molar-refractivity contribution in [1.82, 2.24) is 4.90 Å². The normalized spacial score (nSPS) is 16.2. The molecule has 3 rings (SSSR count). The van der Waals surface area contributed by atoms with E-state index in [1.54, 1.807) is 48.3 Å². The lowest BCUT2D eigenvalue weighted by molar-refractivity contribution is -0.134. The van der Waals surface area contributed by atoms with Gasteiger partial charge in [0.2, 0.25) is 0 Å². The second-order valence-corrected chi connectivity index (χ2v) is 8.04. The Balaban J connectivity index is 1.70. The van der Waals surface area contributed by atoms with Crippen LogP contribution in [0.4, 0.5) is 17.6 Å². The minimum absolute atomic E-state index is 0.0292. The van der Waals surface area contributed by atoms with Crippen molar-refractivity contribution in [2.45, 2.75) is 31.9 Å². The van der Waals surface area contributed by atoms with Gasteiger partial charge in [-0.05, 0) is 60.7 Å². The third kappa shape index (κ3) is 6.21. The van der Waals surface area contributed by atoms with Gasteiger partial charge in [-0.25, -0.2) is 4.39 Å². The largest absolute Gasteiger partial charge is 0.404 e. The quantitative estimate of drug-likeness (QED) is 0.479. The van der Waals surface area contributed by atoms with Crippen LogP contribution in [-0.4, -0.2) is 42.8 Å². The van der Waals surface area contributed by atoms with Crippen LogP contribution < -0.4 is 5.73 Å². The molecule has 2 N–H and O–H groups in total. The summed E-state index contributed by atoms with van der Waals surface area (Å²) in [5, 5.41) is 0. The molecule has 1 heterocycles. The Morgan fingerprint density at radius 2 is 1.85 bits per heavy atom. The van der Waals surface area contributed by atoms with E-state index in [0.29, 0.717) is 48.3 Å². The van der Waals surface area contributed by atoms with Gasteiger partial charge in [0, 0.05) is 37.7 Å². The lowest BCUT2D eigenvalue weighted by Crippen LogP contribution is -2.40. The van der Waals surface area contributed by atoms with Gasteiger partial charge in [-0.2, -0.15) is 13.2 Å². The lowest BCUT2D eigenvalue weighted by atomic mass is 9.84. The number of carbonyl (C=O) groups excluding carboxylic acids is 1. The van der Waals surface area contributed by atoms with Crippen LogP contribution in [0.25, 0.3) is 0 Å². The van der Waals surface area contributed by atoms with Crippen molar-refractivity contribution in [2.75, 3.05) is 20.1 Å². The molecule has 1 aliphatic heterocycles. The first kappa shape index (κ1) is 24.5. The number of benzene rings is 2. The van der Waals surface area contributed by atoms with Crippen molar-refractivity contribution in [3.63, 3.8) is 0 Å². The SMILES string of the molecule is CN=C(C(=CN)C1CCN(C(=O)c2ccccc2CCC(F)(F)F)CC1)c1cccc(F)c1. The number of nitrogens with two attached hydrogens (primary N) is 1. The number of nitrogens with zero attached hydrogens (tertiary/aromatic N) is 2. The molecule has 2 aromatic carbocycles. The summed E-state index contributed by atoms with van der Waals surface area (Å²) in [7, 11) is 1.63. The van der Waals surface area contributed by atoms with Crippen molar-refractivity contribution in [3.05, 3.63) is 82.8 Å². The second kappa shape index (κ2) is 10.6. The van der Waals surface area contributed by atoms with Crippen LogP contribution in [0.2, 0.25) is 0 Å². The van der Waals surface area contributed by atoms with Crippen molar-refractivity contribution in [1.29, 1.82) is 0 Å². The maximum Gasteiger partial charge on any atom is 0.389 e. The van der Waals surface area contributed by atoms with Crippen molar-refractivity contribution < 1.29 is 22.4 Å². The molecule has 1 fully saturated rings. The number of amides is 1. The zero-order valence-corrected chi connectivity index (χ0v) is 18.4. The Morgan fingerprint density at radius 3 is 2.45 bits per heavy atom. The standard InChI is InChI=1S/C25H27F4N3O/c1-31-23(19-6-4-7-20(26)15-19)22(16-30)18-10-13-32(14-11-18)24(33)21-8-3-2-5-17(21)9-12-25(27,28)29/h2-8,15-16,18H,9-14,30H2,1H3. The van der Waals surface area contributed by atoms with E-state index in [1.807, 2.05) is 0 Å². The molecule has 0 aromatic heterocycles. The van der Waals surface area contributed by atoms with Crippen LogP contribution in [0.1, 0.15) is 40.7 Å². The summed E-state index contributed by atoms with van der Waals surface area (Å²) in [6.07, 6.45) is -2.75. The van der Waals surface area contributed by atoms with E-state index in [2.05, 4.69) is 4.99 Å². The third-order valence-electron chi connectivity index (χ3n) is 5.92. The molecule has 0 aliphatic carbocycles. The fraction of sp³-hybridized carbons (Fsp3) is 0.360. The molecule has 8 heteroatoms. The van der Waals surface area contributed by atoms with Crippen LogP contribution in [0.3, 0.4) is 0 Å². The number of likely N-dealkylation sites (tertiary alicyclic amines) is 1. The fourth-order valence-electron chi connectivity index (χ4n) is 4.26. The van der Waals surface area contributed by atoms with Gasteiger partial charge in [-0.1, -0.05) is 30.3 Å². The van der Waals surface area contributed by atoms with E-state index >= 15 is 0 Å². The Morgan fingerprint density at radius 1 is 1.15 bits per heavy atom. The van der Waals surface area contributed by atoms with Crippen LogP contribution >= 0.6 is 0 Å². The average Bonchev–Trinajstić information content (AvgIpc) is 2.80. The number of allylic oxidation sites excluding steroid dienone is 1. The maximum atomic E-state index is 13.7. The highest BCUT2D eigenvalue weighted by molar-refractivity contribution is 6.12. The Kier molecular flexibility index (Phi) is 7.89. The minimum Gasteiger partial charge on any atom is -0.404 e. The molecule has 0 bridgehead atoms. The van der Waals surface area contributed by atoms with Crippen molar-refractivity contribution in [2.24, 2.45) is 16.6 Å². The van der Waals surface area contributed by atoms with E-state index < -0.39 is 12.6 Å². The number of alkyl halides is 3. The Hall–Kier alpha value is -3.16. The Bertz CT molecular complexity index is 1040. The highest BCUT2D eigenvalue weighted by Crippen LogP contribution is 2.29. The van der Waals surface area contributed by atoms with Crippen LogP contribution in [0, 0.1) is 11.7 Å². The zero-order chi connectivity index (χ0) is 24.0. The monoisotopic (exact) mass is 461 g/mol. The number of hydrogen-bond acceptors (Lipinski definition) is 3. The molecule has 0 radical (unpaired) electrons. The molecular weight excluding hydrogens is 434 g/mol. The zero-order valence-electron chi connectivity index (χ0n) is 18.4. The van der Waals surface area contributed by atoms with Gasteiger partial charge in [0.25, 0.3) is 5.91 Å². The van der Waals surface area contributed by atoms with Crippen LogP contribution in [0.15, 0.2) is 65.3 Å². The number of rotatable bonds is 6. The number of carbonyl (C=O) groups is 1. The molecule has 1 aliphatic rings. The molecule has 0 saturated carbocycles. The van der Waals surface area contributed by atoms with Gasteiger partial charge in [0.1, 0.15) is 5.82 Å². The molecule has 1 saturated heterocycles. The summed E-state index contributed by atoms with van der Waals surface area (Å²) >= 11 is 0. The van der Waals surface area contributed by atoms with E-state index in [9.17, 15) is 22.4 Å². The molecule has 1 amide bonds. The first-order valence-electron chi connectivity index (χ1n) is 10.8. The average molecular weight is 462 g/mol. The fourth-order valence-corrected chi connectivity index (χ4v) is 4.26. The molecule has 0 unspecified atom stereocenters. The lowest BCUT2D eigenvalue weighted by Gasteiger charge is -2.34. The molecule has 0 atom stereocenters. The Labute approximate surface area is 190 Å². The van der Waals surface area contributed by atoms with Crippen molar-refractivity contribution in [3.8, 4) is 0 Å². The van der Waals surface area contributed by atoms with E-state index in [0.717, 1.165) is 5.57 Å². The third-order valence-corrected chi connectivity index (χ3v) is 5.92. The van der Waals surface area contributed by atoms with Gasteiger partial charge in [-0.3, -0.25) is 9.79 Å². The van der Waals surface area contributed by atoms with E-state index in [4.69, 9.17) is 5.73 Å². The summed E-state index contributed by atoms with van der Waals surface area (Å²) in [6, 6.07) is 12.6. The van der Waals surface area contributed by atoms with Crippen molar-refractivity contribution >= 4 is 11.6 Å². The van der Waals surface area contributed by atoms with Gasteiger partial charge >= 0.3 is 6.18 Å². The molecule has 4 nitrogen and oxygen atoms in total. The highest BCUT2D eigenvalue weighted by atomic mass is 19.4. The maximum absolute atomic E-state index is 13.7. The first-order chi connectivity index (χ1) is 15.7. The number of halogens is 4. The summed E-state index contributed by atoms with van der Waals surface area (Å²) in [6.45, 7) is 0.878. The van der Waals surface area contributed by atoms with Crippen LogP contribution in [-0.2, 0) is 6.42 Å². The summed E-state index contributed by atoms with van der Waals surface area (Å²) in [4.78, 5) is 19.1. The minimum atomic E-state index is -4.28. The number of piperidine rings is 1. The molecular formula is C25H27F4N3O. The van der Waals surface area contributed by atoms with Gasteiger partial charge < -0.3 is 10.6 Å². The van der Waals surface area contributed by atoms with Gasteiger partial charge in [0.05, 0.1) is 5.71 Å². The van der Waals surface area contributed by atoms with Gasteiger partial charge in [-0.15, -0.1) is 0 Å². The topological polar surface area (TPSA) is 58.7 Å². The second-order valence-electron chi connectivity index (χ2n) is 8.04. The first-order valence-corrected chi connectivity index (χ1v) is 10.8. The number of aryl methyl sites for hydroxylation is 1. The van der Waals surface area contributed by atoms with E-state index in [1.165, 1.54) is 18.3 Å².